The molecule has 1 aromatic carbocycles. The van der Waals surface area contributed by atoms with Crippen LogP contribution in [-0.4, -0.2) is 27.4 Å². The predicted molar refractivity (Wildman–Crippen MR) is 112 cm³/mol. The van der Waals surface area contributed by atoms with Gasteiger partial charge in [0.05, 0.1) is 5.69 Å². The van der Waals surface area contributed by atoms with E-state index in [0.717, 1.165) is 35.6 Å². The van der Waals surface area contributed by atoms with Crippen molar-refractivity contribution in [2.75, 3.05) is 5.32 Å². The largest absolute Gasteiger partial charge is 0.487 e. The number of carbonyl (C=O) groups is 1. The third-order valence-electron chi connectivity index (χ3n) is 5.98. The number of rotatable bonds is 6. The van der Waals surface area contributed by atoms with Crippen molar-refractivity contribution in [3.05, 3.63) is 60.6 Å². The number of pyridine rings is 1. The smallest absolute Gasteiger partial charge is 0.224 e. The topological polar surface area (TPSA) is 67.7 Å². The minimum atomic E-state index is 0.106. The van der Waals surface area contributed by atoms with Gasteiger partial charge in [-0.1, -0.05) is 6.07 Å². The third kappa shape index (κ3) is 4.27. The Bertz CT molecular complexity index is 953. The van der Waals surface area contributed by atoms with Crippen molar-refractivity contribution in [2.24, 2.45) is 5.92 Å². The fourth-order valence-corrected chi connectivity index (χ4v) is 4.66. The molecule has 2 N–H and O–H groups in total. The summed E-state index contributed by atoms with van der Waals surface area (Å²) >= 11 is 0. The number of piperidine rings is 1. The maximum Gasteiger partial charge on any atom is 0.224 e. The summed E-state index contributed by atoms with van der Waals surface area (Å²) in [4.78, 5) is 17.0. The molecule has 2 atom stereocenters. The molecule has 2 aliphatic rings. The number of carbonyl (C=O) groups excluding carboxylic acids is 1. The molecule has 2 bridgehead atoms. The third-order valence-corrected chi connectivity index (χ3v) is 5.98. The summed E-state index contributed by atoms with van der Waals surface area (Å²) in [5.41, 5.74) is 2.60. The molecule has 2 unspecified atom stereocenters. The average molecular weight is 390 g/mol. The van der Waals surface area contributed by atoms with E-state index < -0.39 is 0 Å². The van der Waals surface area contributed by atoms with Gasteiger partial charge in [0.2, 0.25) is 5.91 Å². The number of amides is 1. The van der Waals surface area contributed by atoms with E-state index >= 15 is 0 Å². The molecule has 2 aliphatic heterocycles. The van der Waals surface area contributed by atoms with Crippen LogP contribution in [0.2, 0.25) is 0 Å². The fraction of sp³-hybridized carbons (Fsp3) is 0.391. The molecule has 3 aromatic rings. The summed E-state index contributed by atoms with van der Waals surface area (Å²) < 4.78 is 7.82. The molecule has 0 spiro atoms. The number of benzene rings is 1. The van der Waals surface area contributed by atoms with Crippen LogP contribution in [0.5, 0.6) is 5.75 Å². The number of anilines is 1. The van der Waals surface area contributed by atoms with Crippen molar-refractivity contribution in [1.82, 2.24) is 14.7 Å². The Morgan fingerprint density at radius 1 is 1.14 bits per heavy atom. The maximum atomic E-state index is 12.4. The van der Waals surface area contributed by atoms with Crippen LogP contribution < -0.4 is 15.4 Å². The van der Waals surface area contributed by atoms with E-state index in [1.807, 2.05) is 59.3 Å². The summed E-state index contributed by atoms with van der Waals surface area (Å²) in [6, 6.07) is 14.7. The highest BCUT2D eigenvalue weighted by molar-refractivity contribution is 5.90. The normalized spacial score (nSPS) is 23.2. The van der Waals surface area contributed by atoms with Gasteiger partial charge in [-0.15, -0.1) is 0 Å². The number of nitrogens with one attached hydrogen (secondary N) is 2. The summed E-state index contributed by atoms with van der Waals surface area (Å²) in [6.45, 7) is 0.408. The van der Waals surface area contributed by atoms with Crippen molar-refractivity contribution >= 4 is 17.2 Å². The zero-order chi connectivity index (χ0) is 19.6. The molecule has 0 aliphatic carbocycles. The van der Waals surface area contributed by atoms with Crippen molar-refractivity contribution < 1.29 is 9.53 Å². The molecule has 6 heteroatoms. The highest BCUT2D eigenvalue weighted by Gasteiger charge is 2.34. The molecule has 2 saturated heterocycles. The zero-order valence-corrected chi connectivity index (χ0v) is 16.4. The molecule has 1 amide bonds. The van der Waals surface area contributed by atoms with Gasteiger partial charge in [0.15, 0.2) is 0 Å². The summed E-state index contributed by atoms with van der Waals surface area (Å²) in [5, 5.41) is 6.66. The molecule has 29 heavy (non-hydrogen) atoms. The Hall–Kier alpha value is -2.86. The minimum Gasteiger partial charge on any atom is -0.487 e. The van der Waals surface area contributed by atoms with Gasteiger partial charge in [0.25, 0.3) is 0 Å². The average Bonchev–Trinajstić information content (AvgIpc) is 3.29. The number of nitrogens with zero attached hydrogens (tertiary/aromatic N) is 2. The van der Waals surface area contributed by atoms with Crippen LogP contribution in [0, 0.1) is 5.92 Å². The highest BCUT2D eigenvalue weighted by atomic mass is 16.5. The van der Waals surface area contributed by atoms with E-state index in [0.29, 0.717) is 31.0 Å². The molecule has 150 valence electrons. The zero-order valence-electron chi connectivity index (χ0n) is 16.4. The van der Waals surface area contributed by atoms with Crippen molar-refractivity contribution in [3.63, 3.8) is 0 Å². The quantitative estimate of drug-likeness (QED) is 0.672. The molecule has 5 rings (SSSR count). The van der Waals surface area contributed by atoms with Crippen LogP contribution in [0.15, 0.2) is 54.9 Å². The van der Waals surface area contributed by atoms with Gasteiger partial charge in [0.1, 0.15) is 18.0 Å². The van der Waals surface area contributed by atoms with Crippen LogP contribution in [0.1, 0.15) is 37.8 Å². The molecular weight excluding hydrogens is 364 g/mol. The second-order valence-corrected chi connectivity index (χ2v) is 8.24. The second kappa shape index (κ2) is 7.87. The lowest BCUT2D eigenvalue weighted by Crippen LogP contribution is -2.39. The van der Waals surface area contributed by atoms with E-state index in [-0.39, 0.29) is 5.91 Å². The maximum absolute atomic E-state index is 12.4. The molecule has 2 fully saturated rings. The van der Waals surface area contributed by atoms with Crippen molar-refractivity contribution in [3.8, 4) is 5.75 Å². The number of ether oxygens (including phenoxy) is 1. The standard InChI is InChI=1S/C23H26N4O2/c28-23(13-16-11-18-4-5-19(12-16)24-18)26-17-6-8-21(9-7-17)29-15-20-14-27-10-2-1-3-22(27)25-20/h1-3,6-10,14,16,18-19,24H,4-5,11-13,15H2,(H,26,28). The lowest BCUT2D eigenvalue weighted by Gasteiger charge is -2.28. The lowest BCUT2D eigenvalue weighted by molar-refractivity contribution is -0.117. The molecule has 0 radical (unpaired) electrons. The van der Waals surface area contributed by atoms with Gasteiger partial charge in [-0.2, -0.15) is 0 Å². The van der Waals surface area contributed by atoms with Crippen LogP contribution in [0.3, 0.4) is 0 Å². The Morgan fingerprint density at radius 3 is 2.69 bits per heavy atom. The number of aromatic nitrogens is 2. The van der Waals surface area contributed by atoms with Gasteiger partial charge < -0.3 is 19.8 Å². The molecule has 2 aromatic heterocycles. The minimum absolute atomic E-state index is 0.106. The van der Waals surface area contributed by atoms with Gasteiger partial charge in [-0.05, 0) is 68.0 Å². The summed E-state index contributed by atoms with van der Waals surface area (Å²) in [5.74, 6) is 1.37. The lowest BCUT2D eigenvalue weighted by atomic mass is 9.89. The molecule has 6 nitrogen and oxygen atoms in total. The molecular formula is C23H26N4O2. The highest BCUT2D eigenvalue weighted by Crippen LogP contribution is 2.32. The monoisotopic (exact) mass is 390 g/mol. The number of hydrogen-bond acceptors (Lipinski definition) is 4. The number of hydrogen-bond donors (Lipinski definition) is 2. The van der Waals surface area contributed by atoms with Crippen molar-refractivity contribution in [2.45, 2.75) is 50.8 Å². The first kappa shape index (κ1) is 18.2. The predicted octanol–water partition coefficient (Wildman–Crippen LogP) is 3.77. The first-order valence-electron chi connectivity index (χ1n) is 10.4. The summed E-state index contributed by atoms with van der Waals surface area (Å²) in [6.07, 6.45) is 9.33. The van der Waals surface area contributed by atoms with E-state index in [1.165, 1.54) is 12.8 Å². The van der Waals surface area contributed by atoms with Gasteiger partial charge in [0, 0.05) is 36.6 Å². The Morgan fingerprint density at radius 2 is 1.93 bits per heavy atom. The van der Waals surface area contributed by atoms with E-state index in [4.69, 9.17) is 4.74 Å². The van der Waals surface area contributed by atoms with Gasteiger partial charge >= 0.3 is 0 Å². The number of fused-ring (bicyclic) bond motifs is 3. The second-order valence-electron chi connectivity index (χ2n) is 8.24. The Kier molecular flexibility index (Phi) is 4.94. The Balaban J connectivity index is 1.12. The van der Waals surface area contributed by atoms with E-state index in [9.17, 15) is 4.79 Å². The first-order chi connectivity index (χ1) is 14.2. The van der Waals surface area contributed by atoms with Crippen LogP contribution >= 0.6 is 0 Å². The van der Waals surface area contributed by atoms with Crippen LogP contribution in [0.25, 0.3) is 5.65 Å². The Labute approximate surface area is 170 Å². The van der Waals surface area contributed by atoms with E-state index in [1.54, 1.807) is 0 Å². The van der Waals surface area contributed by atoms with Gasteiger partial charge in [-0.25, -0.2) is 4.98 Å². The van der Waals surface area contributed by atoms with Gasteiger partial charge in [-0.3, -0.25) is 4.79 Å². The van der Waals surface area contributed by atoms with Crippen LogP contribution in [-0.2, 0) is 11.4 Å². The molecule has 4 heterocycles. The summed E-state index contributed by atoms with van der Waals surface area (Å²) in [7, 11) is 0. The fourth-order valence-electron chi connectivity index (χ4n) is 4.66. The number of imidazole rings is 1. The van der Waals surface area contributed by atoms with Crippen molar-refractivity contribution in [1.29, 1.82) is 0 Å². The first-order valence-corrected chi connectivity index (χ1v) is 10.4. The molecule has 0 saturated carbocycles. The van der Waals surface area contributed by atoms with Crippen LogP contribution in [0.4, 0.5) is 5.69 Å². The van der Waals surface area contributed by atoms with E-state index in [2.05, 4.69) is 15.6 Å². The SMILES string of the molecule is O=C(CC1CC2CCC(C1)N2)Nc1ccc(OCc2cn3ccccc3n2)cc1.